The number of fused-ring (bicyclic) bond motifs is 2. The van der Waals surface area contributed by atoms with E-state index in [9.17, 15) is 0 Å². The first-order valence-corrected chi connectivity index (χ1v) is 9.13. The Hall–Kier alpha value is -3.00. The highest BCUT2D eigenvalue weighted by molar-refractivity contribution is 6.09. The molecule has 130 valence electrons. The van der Waals surface area contributed by atoms with Crippen LogP contribution < -0.4 is 9.47 Å². The fourth-order valence-electron chi connectivity index (χ4n) is 3.61. The average Bonchev–Trinajstić information content (AvgIpc) is 2.68. The van der Waals surface area contributed by atoms with Crippen LogP contribution in [-0.2, 0) is 0 Å². The van der Waals surface area contributed by atoms with Crippen molar-refractivity contribution in [3.63, 3.8) is 0 Å². The third-order valence-corrected chi connectivity index (χ3v) is 4.62. The molecule has 0 aromatic heterocycles. The van der Waals surface area contributed by atoms with Crippen LogP contribution in [0.25, 0.3) is 32.7 Å². The summed E-state index contributed by atoms with van der Waals surface area (Å²) in [6, 6.07) is 25.3. The van der Waals surface area contributed by atoms with Crippen molar-refractivity contribution in [1.29, 1.82) is 0 Å². The van der Waals surface area contributed by atoms with Gasteiger partial charge in [0.15, 0.2) is 0 Å². The number of ether oxygens (including phenoxy) is 2. The van der Waals surface area contributed by atoms with Gasteiger partial charge in [0.1, 0.15) is 11.5 Å². The number of benzene rings is 4. The van der Waals surface area contributed by atoms with Crippen LogP contribution in [0.3, 0.4) is 0 Å². The second-order valence-corrected chi connectivity index (χ2v) is 6.19. The maximum absolute atomic E-state index is 5.94. The normalized spacial score (nSPS) is 11.0. The lowest BCUT2D eigenvalue weighted by atomic mass is 9.93. The first-order valence-electron chi connectivity index (χ1n) is 9.13. The number of rotatable bonds is 5. The lowest BCUT2D eigenvalue weighted by Crippen LogP contribution is -1.95. The molecule has 26 heavy (non-hydrogen) atoms. The topological polar surface area (TPSA) is 18.5 Å². The molecular weight excluding hydrogens is 320 g/mol. The maximum atomic E-state index is 5.94. The molecule has 0 spiro atoms. The molecule has 2 nitrogen and oxygen atoms in total. The third-order valence-electron chi connectivity index (χ3n) is 4.62. The molecule has 0 atom stereocenters. The maximum Gasteiger partial charge on any atom is 0.127 e. The van der Waals surface area contributed by atoms with Crippen molar-refractivity contribution in [3.05, 3.63) is 72.8 Å². The van der Waals surface area contributed by atoms with Crippen LogP contribution >= 0.6 is 0 Å². The summed E-state index contributed by atoms with van der Waals surface area (Å²) in [6.45, 7) is 5.33. The van der Waals surface area contributed by atoms with E-state index in [2.05, 4.69) is 48.5 Å². The van der Waals surface area contributed by atoms with Gasteiger partial charge in [0.05, 0.1) is 13.2 Å². The van der Waals surface area contributed by atoms with Crippen molar-refractivity contribution in [3.8, 4) is 22.6 Å². The standard InChI is InChI=1S/C24H22O2/c1-3-25-21-15-7-11-17-9-5-13-19(23(17)21)20-14-6-10-18-12-8-16-22(24(18)20)26-4-2/h5-16H,3-4H2,1-2H3. The van der Waals surface area contributed by atoms with E-state index in [4.69, 9.17) is 9.47 Å². The van der Waals surface area contributed by atoms with Crippen LogP contribution in [0.2, 0.25) is 0 Å². The summed E-state index contributed by atoms with van der Waals surface area (Å²) in [4.78, 5) is 0. The SMILES string of the molecule is CCOc1cccc2cccc(-c3cccc4cccc(OCC)c34)c12. The van der Waals surface area contributed by atoms with Crippen molar-refractivity contribution < 1.29 is 9.47 Å². The molecule has 0 aliphatic heterocycles. The third kappa shape index (κ3) is 2.78. The van der Waals surface area contributed by atoms with Crippen molar-refractivity contribution in [2.24, 2.45) is 0 Å². The monoisotopic (exact) mass is 342 g/mol. The molecule has 4 aromatic carbocycles. The van der Waals surface area contributed by atoms with Gasteiger partial charge in [0.2, 0.25) is 0 Å². The number of hydrogen-bond donors (Lipinski definition) is 0. The summed E-state index contributed by atoms with van der Waals surface area (Å²) in [5.41, 5.74) is 2.34. The molecule has 4 rings (SSSR count). The largest absolute Gasteiger partial charge is 0.493 e. The van der Waals surface area contributed by atoms with E-state index in [0.717, 1.165) is 22.3 Å². The second kappa shape index (κ2) is 7.09. The molecule has 0 aliphatic rings. The minimum absolute atomic E-state index is 0.646. The molecule has 0 heterocycles. The molecule has 0 bridgehead atoms. The molecule has 0 fully saturated rings. The van der Waals surface area contributed by atoms with Gasteiger partial charge in [0, 0.05) is 10.8 Å². The van der Waals surface area contributed by atoms with Crippen LogP contribution in [0.5, 0.6) is 11.5 Å². The Morgan fingerprint density at radius 3 is 1.31 bits per heavy atom. The van der Waals surface area contributed by atoms with Crippen molar-refractivity contribution >= 4 is 21.5 Å². The van der Waals surface area contributed by atoms with Gasteiger partial charge >= 0.3 is 0 Å². The lowest BCUT2D eigenvalue weighted by molar-refractivity contribution is 0.344. The van der Waals surface area contributed by atoms with E-state index in [1.807, 2.05) is 38.1 Å². The molecule has 0 unspecified atom stereocenters. The van der Waals surface area contributed by atoms with E-state index < -0.39 is 0 Å². The summed E-state index contributed by atoms with van der Waals surface area (Å²) >= 11 is 0. The van der Waals surface area contributed by atoms with Crippen molar-refractivity contribution in [2.45, 2.75) is 13.8 Å². The zero-order valence-corrected chi connectivity index (χ0v) is 15.2. The molecule has 4 aromatic rings. The molecule has 0 saturated heterocycles. The van der Waals surface area contributed by atoms with Crippen LogP contribution in [-0.4, -0.2) is 13.2 Å². The van der Waals surface area contributed by atoms with Gasteiger partial charge in [-0.05, 0) is 47.9 Å². The van der Waals surface area contributed by atoms with E-state index in [1.165, 1.54) is 21.9 Å². The van der Waals surface area contributed by atoms with Crippen molar-refractivity contribution in [2.75, 3.05) is 13.2 Å². The van der Waals surface area contributed by atoms with E-state index in [1.54, 1.807) is 0 Å². The Balaban J connectivity index is 2.08. The van der Waals surface area contributed by atoms with E-state index in [-0.39, 0.29) is 0 Å². The van der Waals surface area contributed by atoms with Gasteiger partial charge in [-0.25, -0.2) is 0 Å². The zero-order chi connectivity index (χ0) is 17.9. The smallest absolute Gasteiger partial charge is 0.127 e. The summed E-state index contributed by atoms with van der Waals surface area (Å²) < 4.78 is 11.9. The lowest BCUT2D eigenvalue weighted by Gasteiger charge is -2.16. The minimum Gasteiger partial charge on any atom is -0.493 e. The highest BCUT2D eigenvalue weighted by Gasteiger charge is 2.14. The Morgan fingerprint density at radius 1 is 0.538 bits per heavy atom. The van der Waals surface area contributed by atoms with Crippen LogP contribution in [0, 0.1) is 0 Å². The van der Waals surface area contributed by atoms with Crippen molar-refractivity contribution in [1.82, 2.24) is 0 Å². The van der Waals surface area contributed by atoms with Gasteiger partial charge in [-0.1, -0.05) is 60.7 Å². The molecule has 2 heteroatoms. The fourth-order valence-corrected chi connectivity index (χ4v) is 3.61. The Kier molecular flexibility index (Phi) is 4.49. The molecule has 0 amide bonds. The first kappa shape index (κ1) is 16.5. The highest BCUT2D eigenvalue weighted by Crippen LogP contribution is 2.41. The van der Waals surface area contributed by atoms with Gasteiger partial charge in [-0.3, -0.25) is 0 Å². The number of hydrogen-bond acceptors (Lipinski definition) is 2. The average molecular weight is 342 g/mol. The van der Waals surface area contributed by atoms with Gasteiger partial charge in [0.25, 0.3) is 0 Å². The quantitative estimate of drug-likeness (QED) is 0.414. The van der Waals surface area contributed by atoms with Gasteiger partial charge in [-0.2, -0.15) is 0 Å². The Labute approximate surface area is 154 Å². The predicted octanol–water partition coefficient (Wildman–Crippen LogP) is 6.46. The van der Waals surface area contributed by atoms with Gasteiger partial charge in [-0.15, -0.1) is 0 Å². The van der Waals surface area contributed by atoms with E-state index in [0.29, 0.717) is 13.2 Å². The molecule has 0 N–H and O–H groups in total. The summed E-state index contributed by atoms with van der Waals surface area (Å²) in [5.74, 6) is 1.85. The first-order chi connectivity index (χ1) is 12.8. The second-order valence-electron chi connectivity index (χ2n) is 6.19. The Bertz CT molecular complexity index is 968. The Morgan fingerprint density at radius 2 is 0.923 bits per heavy atom. The van der Waals surface area contributed by atoms with Gasteiger partial charge < -0.3 is 9.47 Å². The van der Waals surface area contributed by atoms with Crippen LogP contribution in [0.15, 0.2) is 72.8 Å². The zero-order valence-electron chi connectivity index (χ0n) is 15.2. The summed E-state index contributed by atoms with van der Waals surface area (Å²) in [7, 11) is 0. The molecular formula is C24H22O2. The van der Waals surface area contributed by atoms with E-state index >= 15 is 0 Å². The molecule has 0 saturated carbocycles. The van der Waals surface area contributed by atoms with Crippen LogP contribution in [0.4, 0.5) is 0 Å². The molecule has 0 radical (unpaired) electrons. The molecule has 0 aliphatic carbocycles. The predicted molar refractivity (Wildman–Crippen MR) is 109 cm³/mol. The summed E-state index contributed by atoms with van der Waals surface area (Å²) in [5, 5.41) is 4.66. The summed E-state index contributed by atoms with van der Waals surface area (Å²) in [6.07, 6.45) is 0. The highest BCUT2D eigenvalue weighted by atomic mass is 16.5. The minimum atomic E-state index is 0.646. The fraction of sp³-hybridized carbons (Fsp3) is 0.167. The van der Waals surface area contributed by atoms with Crippen LogP contribution in [0.1, 0.15) is 13.8 Å².